The van der Waals surface area contributed by atoms with E-state index in [4.69, 9.17) is 10.2 Å². The molecular formula is C23H23N3O3S. The van der Waals surface area contributed by atoms with Gasteiger partial charge in [0.2, 0.25) is 10.0 Å². The number of anilines is 1. The Bertz CT molecular complexity index is 1170. The van der Waals surface area contributed by atoms with E-state index in [0.29, 0.717) is 6.42 Å². The number of primary sulfonamides is 1. The molecule has 0 amide bonds. The van der Waals surface area contributed by atoms with Gasteiger partial charge in [0.05, 0.1) is 22.3 Å². The molecule has 0 bridgehead atoms. The zero-order valence-electron chi connectivity index (χ0n) is 16.6. The van der Waals surface area contributed by atoms with Crippen molar-refractivity contribution in [2.24, 2.45) is 10.2 Å². The average Bonchev–Trinajstić information content (AvgIpc) is 3.19. The van der Waals surface area contributed by atoms with E-state index in [1.165, 1.54) is 17.7 Å². The number of nitrogens with zero attached hydrogens (tertiary/aromatic N) is 2. The van der Waals surface area contributed by atoms with Crippen LogP contribution < -0.4 is 10.1 Å². The zero-order chi connectivity index (χ0) is 21.3. The van der Waals surface area contributed by atoms with E-state index >= 15 is 0 Å². The summed E-state index contributed by atoms with van der Waals surface area (Å²) >= 11 is 0. The molecule has 1 atom stereocenters. The number of phenolic OH excluding ortho intramolecular Hbond substituents is 1. The van der Waals surface area contributed by atoms with E-state index in [1.807, 2.05) is 17.1 Å². The summed E-state index contributed by atoms with van der Waals surface area (Å²) in [5, 5.41) is 21.6. The highest BCUT2D eigenvalue weighted by molar-refractivity contribution is 7.89. The molecular weight excluding hydrogens is 398 g/mol. The molecule has 0 spiro atoms. The number of aryl methyl sites for hydroxylation is 1. The van der Waals surface area contributed by atoms with Crippen molar-refractivity contribution in [2.45, 2.75) is 30.7 Å². The minimum atomic E-state index is -3.76. The first-order chi connectivity index (χ1) is 14.3. The van der Waals surface area contributed by atoms with Crippen LogP contribution in [0.2, 0.25) is 0 Å². The Kier molecular flexibility index (Phi) is 5.32. The molecule has 4 rings (SSSR count). The number of hydrogen-bond acceptors (Lipinski definition) is 5. The summed E-state index contributed by atoms with van der Waals surface area (Å²) in [6.45, 7) is 2.12. The molecule has 0 unspecified atom stereocenters. The standard InChI is InChI=1S/C23H23N3O3S/c1-2-16-3-5-17(6-4-16)22-15-23(18-7-11-20(27)12-8-18)26(25-22)19-9-13-21(14-10-19)30(24,28)29/h3-14,23,27H,2,15H2,1H3,(H2,24,28,29)/t23-/m0/s1. The van der Waals surface area contributed by atoms with Crippen LogP contribution in [0.15, 0.2) is 82.8 Å². The zero-order valence-corrected chi connectivity index (χ0v) is 17.4. The minimum absolute atomic E-state index is 0.0611. The van der Waals surface area contributed by atoms with Crippen molar-refractivity contribution in [3.63, 3.8) is 0 Å². The van der Waals surface area contributed by atoms with Gasteiger partial charge >= 0.3 is 0 Å². The first kappa shape index (κ1) is 20.1. The molecule has 1 heterocycles. The van der Waals surface area contributed by atoms with Crippen molar-refractivity contribution in [3.8, 4) is 5.75 Å². The van der Waals surface area contributed by atoms with Crippen molar-refractivity contribution in [3.05, 3.63) is 89.5 Å². The molecule has 6 nitrogen and oxygen atoms in total. The predicted octanol–water partition coefficient (Wildman–Crippen LogP) is 3.96. The fraction of sp³-hybridized carbons (Fsp3) is 0.174. The van der Waals surface area contributed by atoms with Crippen molar-refractivity contribution in [2.75, 3.05) is 5.01 Å². The topological polar surface area (TPSA) is 96.0 Å². The maximum Gasteiger partial charge on any atom is 0.238 e. The van der Waals surface area contributed by atoms with E-state index in [9.17, 15) is 13.5 Å². The van der Waals surface area contributed by atoms with Gasteiger partial charge in [-0.3, -0.25) is 5.01 Å². The summed E-state index contributed by atoms with van der Waals surface area (Å²) in [5.41, 5.74) is 5.04. The molecule has 1 aliphatic rings. The van der Waals surface area contributed by atoms with Crippen LogP contribution in [0.1, 0.15) is 36.1 Å². The van der Waals surface area contributed by atoms with Gasteiger partial charge in [-0.15, -0.1) is 0 Å². The third-order valence-corrected chi connectivity index (χ3v) is 6.24. The van der Waals surface area contributed by atoms with Crippen molar-refractivity contribution in [1.29, 1.82) is 0 Å². The van der Waals surface area contributed by atoms with Gasteiger partial charge in [-0.25, -0.2) is 13.6 Å². The Morgan fingerprint density at radius 2 is 1.63 bits per heavy atom. The predicted molar refractivity (Wildman–Crippen MR) is 118 cm³/mol. The summed E-state index contributed by atoms with van der Waals surface area (Å²) in [4.78, 5) is 0.0611. The summed E-state index contributed by atoms with van der Waals surface area (Å²) in [5.74, 6) is 0.206. The van der Waals surface area contributed by atoms with Crippen LogP contribution in [0.4, 0.5) is 5.69 Å². The fourth-order valence-electron chi connectivity index (χ4n) is 3.60. The second-order valence-corrected chi connectivity index (χ2v) is 8.85. The maximum absolute atomic E-state index is 11.6. The minimum Gasteiger partial charge on any atom is -0.508 e. The van der Waals surface area contributed by atoms with Crippen molar-refractivity contribution in [1.82, 2.24) is 0 Å². The van der Waals surface area contributed by atoms with Crippen LogP contribution >= 0.6 is 0 Å². The highest BCUT2D eigenvalue weighted by Gasteiger charge is 2.30. The quantitative estimate of drug-likeness (QED) is 0.652. The third kappa shape index (κ3) is 4.08. The summed E-state index contributed by atoms with van der Waals surface area (Å²) in [6, 6.07) is 21.8. The van der Waals surface area contributed by atoms with Gasteiger partial charge in [0.1, 0.15) is 5.75 Å². The highest BCUT2D eigenvalue weighted by atomic mass is 32.2. The third-order valence-electron chi connectivity index (χ3n) is 5.31. The Morgan fingerprint density at radius 1 is 1.00 bits per heavy atom. The van der Waals surface area contributed by atoms with Gasteiger partial charge in [0.25, 0.3) is 0 Å². The number of hydrogen-bond donors (Lipinski definition) is 2. The second kappa shape index (κ2) is 7.93. The van der Waals surface area contributed by atoms with Crippen molar-refractivity contribution >= 4 is 21.4 Å². The molecule has 7 heteroatoms. The lowest BCUT2D eigenvalue weighted by Crippen LogP contribution is -2.19. The molecule has 3 N–H and O–H groups in total. The average molecular weight is 422 g/mol. The van der Waals surface area contributed by atoms with Gasteiger partial charge in [-0.05, 0) is 59.5 Å². The van der Waals surface area contributed by atoms with Gasteiger partial charge < -0.3 is 5.11 Å². The number of phenols is 1. The van der Waals surface area contributed by atoms with Crippen molar-refractivity contribution < 1.29 is 13.5 Å². The Morgan fingerprint density at radius 3 is 2.20 bits per heavy atom. The van der Waals surface area contributed by atoms with E-state index < -0.39 is 10.0 Å². The van der Waals surface area contributed by atoms with Crippen LogP contribution in [0.5, 0.6) is 5.75 Å². The lowest BCUT2D eigenvalue weighted by atomic mass is 9.97. The van der Waals surface area contributed by atoms with Gasteiger partial charge in [-0.1, -0.05) is 43.3 Å². The van der Waals surface area contributed by atoms with Crippen LogP contribution in [-0.2, 0) is 16.4 Å². The molecule has 30 heavy (non-hydrogen) atoms. The number of benzene rings is 3. The fourth-order valence-corrected chi connectivity index (χ4v) is 4.12. The Balaban J connectivity index is 1.73. The first-order valence-electron chi connectivity index (χ1n) is 9.73. The smallest absolute Gasteiger partial charge is 0.238 e. The molecule has 1 aliphatic heterocycles. The van der Waals surface area contributed by atoms with E-state index in [-0.39, 0.29) is 16.7 Å². The van der Waals surface area contributed by atoms with Gasteiger partial charge in [0, 0.05) is 6.42 Å². The Labute approximate surface area is 176 Å². The Hall–Kier alpha value is -3.16. The molecule has 3 aromatic carbocycles. The van der Waals surface area contributed by atoms with E-state index in [0.717, 1.165) is 28.9 Å². The monoisotopic (exact) mass is 421 g/mol. The maximum atomic E-state index is 11.6. The molecule has 0 aromatic heterocycles. The molecule has 0 saturated carbocycles. The van der Waals surface area contributed by atoms with E-state index in [2.05, 4.69) is 31.2 Å². The molecule has 0 aliphatic carbocycles. The van der Waals surface area contributed by atoms with E-state index in [1.54, 1.807) is 24.3 Å². The molecule has 0 radical (unpaired) electrons. The lowest BCUT2D eigenvalue weighted by Gasteiger charge is -2.24. The van der Waals surface area contributed by atoms with Crippen LogP contribution in [0, 0.1) is 0 Å². The highest BCUT2D eigenvalue weighted by Crippen LogP contribution is 2.37. The van der Waals surface area contributed by atoms with Gasteiger partial charge in [0.15, 0.2) is 0 Å². The van der Waals surface area contributed by atoms with Crippen LogP contribution in [0.3, 0.4) is 0 Å². The van der Waals surface area contributed by atoms with Crippen LogP contribution in [0.25, 0.3) is 0 Å². The number of sulfonamides is 1. The number of nitrogens with two attached hydrogens (primary N) is 1. The number of aromatic hydroxyl groups is 1. The SMILES string of the molecule is CCc1ccc(C2=NN(c3ccc(S(N)(=O)=O)cc3)[C@H](c3ccc(O)cc3)C2)cc1. The molecule has 3 aromatic rings. The summed E-state index contributed by atoms with van der Waals surface area (Å²) in [6.07, 6.45) is 1.67. The summed E-state index contributed by atoms with van der Waals surface area (Å²) in [7, 11) is -3.76. The normalized spacial score (nSPS) is 16.5. The van der Waals surface area contributed by atoms with Crippen LogP contribution in [-0.4, -0.2) is 19.2 Å². The largest absolute Gasteiger partial charge is 0.508 e. The number of hydrazone groups is 1. The molecule has 0 saturated heterocycles. The first-order valence-corrected chi connectivity index (χ1v) is 11.3. The van der Waals surface area contributed by atoms with Gasteiger partial charge in [-0.2, -0.15) is 5.10 Å². The molecule has 0 fully saturated rings. The number of rotatable bonds is 5. The molecule has 154 valence electrons. The summed E-state index contributed by atoms with van der Waals surface area (Å²) < 4.78 is 23.2. The second-order valence-electron chi connectivity index (χ2n) is 7.29. The lowest BCUT2D eigenvalue weighted by molar-refractivity contribution is 0.475.